The van der Waals surface area contributed by atoms with Gasteiger partial charge in [0.05, 0.1) is 11.4 Å². The first-order valence-electron chi connectivity index (χ1n) is 5.56. The van der Waals surface area contributed by atoms with Crippen molar-refractivity contribution < 1.29 is 13.2 Å². The van der Waals surface area contributed by atoms with E-state index in [9.17, 15) is 13.2 Å². The summed E-state index contributed by atoms with van der Waals surface area (Å²) < 4.78 is 26.4. The standard InChI is InChI=1S/C11H13ClN2O3S/c1-2-3-13-18(16,17)10-4-7-5-11(15)14-9(7)6-8(10)12/h4,6,13H,2-3,5H2,1H3,(H,14,15). The number of nitrogens with one attached hydrogen (secondary N) is 2. The van der Waals surface area contributed by atoms with E-state index in [0.717, 1.165) is 0 Å². The Kier molecular flexibility index (Phi) is 3.61. The fourth-order valence-corrected chi connectivity index (χ4v) is 3.46. The summed E-state index contributed by atoms with van der Waals surface area (Å²) in [5, 5.41) is 2.73. The van der Waals surface area contributed by atoms with Gasteiger partial charge in [-0.15, -0.1) is 0 Å². The predicted molar refractivity (Wildman–Crippen MR) is 69.3 cm³/mol. The van der Waals surface area contributed by atoms with E-state index in [1.54, 1.807) is 0 Å². The van der Waals surface area contributed by atoms with Crippen LogP contribution in [0.2, 0.25) is 5.02 Å². The van der Waals surface area contributed by atoms with Crippen LogP contribution in [0.25, 0.3) is 0 Å². The number of hydrogen-bond acceptors (Lipinski definition) is 3. The van der Waals surface area contributed by atoms with Crippen LogP contribution < -0.4 is 10.0 Å². The van der Waals surface area contributed by atoms with Gasteiger partial charge in [0, 0.05) is 12.2 Å². The Morgan fingerprint density at radius 1 is 1.44 bits per heavy atom. The number of benzene rings is 1. The first-order chi connectivity index (χ1) is 8.44. The largest absolute Gasteiger partial charge is 0.325 e. The number of rotatable bonds is 4. The van der Waals surface area contributed by atoms with Crippen LogP contribution in [0.5, 0.6) is 0 Å². The molecule has 5 nitrogen and oxygen atoms in total. The molecule has 0 unspecified atom stereocenters. The van der Waals surface area contributed by atoms with Crippen LogP contribution in [0.3, 0.4) is 0 Å². The molecule has 0 aromatic heterocycles. The molecule has 7 heteroatoms. The molecule has 0 fully saturated rings. The molecule has 0 bridgehead atoms. The maximum absolute atomic E-state index is 12.0. The van der Waals surface area contributed by atoms with E-state index < -0.39 is 10.0 Å². The minimum Gasteiger partial charge on any atom is -0.325 e. The molecule has 0 saturated carbocycles. The average Bonchev–Trinajstić information content (AvgIpc) is 2.64. The first-order valence-corrected chi connectivity index (χ1v) is 7.42. The Morgan fingerprint density at radius 2 is 2.17 bits per heavy atom. The summed E-state index contributed by atoms with van der Waals surface area (Å²) in [5.74, 6) is -0.155. The summed E-state index contributed by atoms with van der Waals surface area (Å²) >= 11 is 5.95. The predicted octanol–water partition coefficient (Wildman–Crippen LogP) is 1.52. The van der Waals surface area contributed by atoms with E-state index in [1.165, 1.54) is 12.1 Å². The molecular weight excluding hydrogens is 276 g/mol. The number of carbonyl (C=O) groups is 1. The molecule has 1 aromatic carbocycles. The zero-order chi connectivity index (χ0) is 13.3. The fourth-order valence-electron chi connectivity index (χ4n) is 1.75. The van der Waals surface area contributed by atoms with Gasteiger partial charge >= 0.3 is 0 Å². The number of sulfonamides is 1. The number of amides is 1. The SMILES string of the molecule is CCCNS(=O)(=O)c1cc2c(cc1Cl)NC(=O)C2. The highest BCUT2D eigenvalue weighted by atomic mass is 35.5. The van der Waals surface area contributed by atoms with Crippen molar-refractivity contribution in [3.63, 3.8) is 0 Å². The van der Waals surface area contributed by atoms with E-state index >= 15 is 0 Å². The highest BCUT2D eigenvalue weighted by Crippen LogP contribution is 2.32. The molecule has 2 N–H and O–H groups in total. The minimum atomic E-state index is -3.61. The summed E-state index contributed by atoms with van der Waals surface area (Å²) in [6.07, 6.45) is 0.880. The number of fused-ring (bicyclic) bond motifs is 1. The van der Waals surface area contributed by atoms with Crippen molar-refractivity contribution in [3.05, 3.63) is 22.7 Å². The topological polar surface area (TPSA) is 75.3 Å². The summed E-state index contributed by atoms with van der Waals surface area (Å²) in [4.78, 5) is 11.2. The van der Waals surface area contributed by atoms with Crippen molar-refractivity contribution in [1.29, 1.82) is 0 Å². The zero-order valence-electron chi connectivity index (χ0n) is 9.79. The highest BCUT2D eigenvalue weighted by Gasteiger charge is 2.24. The smallest absolute Gasteiger partial charge is 0.242 e. The Hall–Kier alpha value is -1.11. The van der Waals surface area contributed by atoms with Crippen LogP contribution in [0.4, 0.5) is 5.69 Å². The van der Waals surface area contributed by atoms with Gasteiger partial charge in [0.15, 0.2) is 0 Å². The minimum absolute atomic E-state index is 0.0212. The number of halogens is 1. The second-order valence-electron chi connectivity index (χ2n) is 4.06. The van der Waals surface area contributed by atoms with Gasteiger partial charge in [-0.1, -0.05) is 18.5 Å². The second kappa shape index (κ2) is 4.87. The van der Waals surface area contributed by atoms with Gasteiger partial charge in [0.2, 0.25) is 15.9 Å². The Balaban J connectivity index is 2.41. The van der Waals surface area contributed by atoms with Crippen molar-refractivity contribution in [2.75, 3.05) is 11.9 Å². The third kappa shape index (κ3) is 2.50. The molecule has 1 aliphatic heterocycles. The quantitative estimate of drug-likeness (QED) is 0.882. The highest BCUT2D eigenvalue weighted by molar-refractivity contribution is 7.89. The third-order valence-corrected chi connectivity index (χ3v) is 4.54. The molecule has 0 radical (unpaired) electrons. The Bertz CT molecular complexity index is 599. The van der Waals surface area contributed by atoms with E-state index in [0.29, 0.717) is 24.2 Å². The summed E-state index contributed by atoms with van der Waals surface area (Å²) in [7, 11) is -3.61. The molecule has 98 valence electrons. The molecule has 2 rings (SSSR count). The van der Waals surface area contributed by atoms with Crippen LogP contribution in [0, 0.1) is 0 Å². The number of carbonyl (C=O) groups excluding carboxylic acids is 1. The molecule has 1 heterocycles. The fraction of sp³-hybridized carbons (Fsp3) is 0.364. The molecule has 1 aromatic rings. The lowest BCUT2D eigenvalue weighted by molar-refractivity contribution is -0.115. The van der Waals surface area contributed by atoms with Crippen LogP contribution in [0.1, 0.15) is 18.9 Å². The molecule has 0 aliphatic carbocycles. The molecule has 1 amide bonds. The first kappa shape index (κ1) is 13.3. The van der Waals surface area contributed by atoms with Gasteiger partial charge < -0.3 is 5.32 Å². The van der Waals surface area contributed by atoms with E-state index in [4.69, 9.17) is 11.6 Å². The normalized spacial score (nSPS) is 14.4. The molecular formula is C11H13ClN2O3S. The number of anilines is 1. The van der Waals surface area contributed by atoms with Crippen LogP contribution in [-0.4, -0.2) is 20.9 Å². The van der Waals surface area contributed by atoms with Crippen molar-refractivity contribution in [2.45, 2.75) is 24.7 Å². The molecule has 1 aliphatic rings. The lowest BCUT2D eigenvalue weighted by atomic mass is 10.2. The van der Waals surface area contributed by atoms with Crippen molar-refractivity contribution in [3.8, 4) is 0 Å². The lowest BCUT2D eigenvalue weighted by Gasteiger charge is -2.09. The van der Waals surface area contributed by atoms with E-state index in [2.05, 4.69) is 10.0 Å². The van der Waals surface area contributed by atoms with Crippen molar-refractivity contribution in [1.82, 2.24) is 4.72 Å². The Morgan fingerprint density at radius 3 is 2.83 bits per heavy atom. The molecule has 0 saturated heterocycles. The van der Waals surface area contributed by atoms with Crippen LogP contribution >= 0.6 is 11.6 Å². The lowest BCUT2D eigenvalue weighted by Crippen LogP contribution is -2.24. The van der Waals surface area contributed by atoms with Crippen molar-refractivity contribution in [2.24, 2.45) is 0 Å². The van der Waals surface area contributed by atoms with Gasteiger partial charge in [0.25, 0.3) is 0 Å². The zero-order valence-corrected chi connectivity index (χ0v) is 11.4. The van der Waals surface area contributed by atoms with Crippen LogP contribution in [0.15, 0.2) is 17.0 Å². The second-order valence-corrected chi connectivity index (χ2v) is 6.21. The monoisotopic (exact) mass is 288 g/mol. The van der Waals surface area contributed by atoms with E-state index in [1.807, 2.05) is 6.92 Å². The van der Waals surface area contributed by atoms with Crippen LogP contribution in [-0.2, 0) is 21.2 Å². The molecule has 18 heavy (non-hydrogen) atoms. The maximum atomic E-state index is 12.0. The number of hydrogen-bond donors (Lipinski definition) is 2. The van der Waals surface area contributed by atoms with Gasteiger partial charge in [-0.3, -0.25) is 4.79 Å². The molecule has 0 atom stereocenters. The third-order valence-electron chi connectivity index (χ3n) is 2.61. The van der Waals surface area contributed by atoms with Gasteiger partial charge in [-0.25, -0.2) is 13.1 Å². The maximum Gasteiger partial charge on any atom is 0.242 e. The van der Waals surface area contributed by atoms with Gasteiger partial charge in [-0.05, 0) is 24.1 Å². The summed E-state index contributed by atoms with van der Waals surface area (Å²) in [5.41, 5.74) is 1.24. The van der Waals surface area contributed by atoms with E-state index in [-0.39, 0.29) is 22.2 Å². The van der Waals surface area contributed by atoms with Gasteiger partial charge in [0.1, 0.15) is 4.90 Å². The van der Waals surface area contributed by atoms with Crippen molar-refractivity contribution >= 4 is 33.2 Å². The van der Waals surface area contributed by atoms with Gasteiger partial charge in [-0.2, -0.15) is 0 Å². The molecule has 0 spiro atoms. The summed E-state index contributed by atoms with van der Waals surface area (Å²) in [6, 6.07) is 2.93. The summed E-state index contributed by atoms with van der Waals surface area (Å²) in [6.45, 7) is 2.22. The Labute approximate surface area is 111 Å². The average molecular weight is 289 g/mol.